The Labute approximate surface area is 104 Å². The van der Waals surface area contributed by atoms with E-state index in [9.17, 15) is 9.59 Å². The van der Waals surface area contributed by atoms with Gasteiger partial charge in [0.25, 0.3) is 0 Å². The molecule has 0 atom stereocenters. The van der Waals surface area contributed by atoms with Crippen molar-refractivity contribution < 1.29 is 4.79 Å². The van der Waals surface area contributed by atoms with Crippen LogP contribution in [0.15, 0.2) is 38.9 Å². The molecule has 1 aliphatic rings. The molecule has 4 heteroatoms. The third-order valence-corrected chi connectivity index (χ3v) is 4.18. The van der Waals surface area contributed by atoms with Gasteiger partial charge in [0.05, 0.1) is 8.66 Å². The largest absolute Gasteiger partial charge is 0.290 e. The lowest BCUT2D eigenvalue weighted by molar-refractivity contribution is 0.104. The van der Waals surface area contributed by atoms with Crippen molar-refractivity contribution in [3.63, 3.8) is 0 Å². The highest BCUT2D eigenvalue weighted by Crippen LogP contribution is 2.42. The Balaban J connectivity index is 2.45. The van der Waals surface area contributed by atoms with Crippen molar-refractivity contribution in [1.82, 2.24) is 0 Å². The van der Waals surface area contributed by atoms with Crippen molar-refractivity contribution in [1.29, 1.82) is 0 Å². The zero-order valence-electron chi connectivity index (χ0n) is 7.99. The van der Waals surface area contributed by atoms with Crippen LogP contribution in [-0.2, 0) is 0 Å². The normalized spacial score (nSPS) is 12.4. The van der Waals surface area contributed by atoms with Gasteiger partial charge in [0.1, 0.15) is 0 Å². The number of ketones is 1. The minimum Gasteiger partial charge on any atom is -0.290 e. The van der Waals surface area contributed by atoms with Gasteiger partial charge in [-0.3, -0.25) is 9.59 Å². The lowest BCUT2D eigenvalue weighted by atomic mass is 10.1. The average molecular weight is 293 g/mol. The van der Waals surface area contributed by atoms with Crippen LogP contribution in [0.25, 0.3) is 11.1 Å². The van der Waals surface area contributed by atoms with Crippen molar-refractivity contribution in [2.24, 2.45) is 0 Å². The molecule has 0 fully saturated rings. The first-order valence-electron chi connectivity index (χ1n) is 4.65. The summed E-state index contributed by atoms with van der Waals surface area (Å²) in [5.41, 5.74) is 2.15. The van der Waals surface area contributed by atoms with Crippen LogP contribution in [0.2, 0.25) is 0 Å². The summed E-state index contributed by atoms with van der Waals surface area (Å²) in [6.45, 7) is 0. The molecule has 0 bridgehead atoms. The van der Waals surface area contributed by atoms with Gasteiger partial charge >= 0.3 is 0 Å². The molecule has 0 radical (unpaired) electrons. The van der Waals surface area contributed by atoms with Crippen LogP contribution in [0.4, 0.5) is 0 Å². The molecular formula is C12H5BrO2S. The third-order valence-electron chi connectivity index (χ3n) is 2.54. The second-order valence-corrected chi connectivity index (χ2v) is 5.95. The predicted octanol–water partition coefficient (Wildman–Crippen LogP) is 3.08. The van der Waals surface area contributed by atoms with Gasteiger partial charge in [0.2, 0.25) is 5.78 Å². The average Bonchev–Trinajstić information content (AvgIpc) is 2.62. The van der Waals surface area contributed by atoms with E-state index in [2.05, 4.69) is 15.9 Å². The van der Waals surface area contributed by atoms with Crippen LogP contribution in [0, 0.1) is 0 Å². The molecule has 0 saturated carbocycles. The molecule has 0 saturated heterocycles. The molecule has 1 aliphatic carbocycles. The van der Waals surface area contributed by atoms with Gasteiger partial charge in [0, 0.05) is 11.1 Å². The lowest BCUT2D eigenvalue weighted by Crippen LogP contribution is -1.91. The van der Waals surface area contributed by atoms with E-state index in [4.69, 9.17) is 0 Å². The Kier molecular flexibility index (Phi) is 2.09. The molecule has 0 unspecified atom stereocenters. The van der Waals surface area contributed by atoms with Gasteiger partial charge in [0.15, 0.2) is 5.43 Å². The maximum atomic E-state index is 12.0. The zero-order valence-corrected chi connectivity index (χ0v) is 10.4. The number of hydrogen-bond acceptors (Lipinski definition) is 3. The van der Waals surface area contributed by atoms with E-state index >= 15 is 0 Å². The second kappa shape index (κ2) is 3.37. The summed E-state index contributed by atoms with van der Waals surface area (Å²) in [6, 6.07) is 8.22. The van der Waals surface area contributed by atoms with Gasteiger partial charge in [-0.25, -0.2) is 0 Å². The molecule has 2 aromatic rings. The SMILES string of the molecule is O=C1c2cccc(=O)cc2-c2cc(Br)sc21. The van der Waals surface area contributed by atoms with Crippen molar-refractivity contribution >= 4 is 33.0 Å². The highest BCUT2D eigenvalue weighted by molar-refractivity contribution is 9.11. The van der Waals surface area contributed by atoms with Crippen LogP contribution < -0.4 is 5.43 Å². The van der Waals surface area contributed by atoms with E-state index in [1.807, 2.05) is 6.07 Å². The van der Waals surface area contributed by atoms with E-state index in [1.54, 1.807) is 12.1 Å². The molecule has 1 heterocycles. The number of hydrogen-bond donors (Lipinski definition) is 0. The molecule has 0 spiro atoms. The molecule has 0 aliphatic heterocycles. The molecular weight excluding hydrogens is 288 g/mol. The van der Waals surface area contributed by atoms with Gasteiger partial charge < -0.3 is 0 Å². The monoisotopic (exact) mass is 292 g/mol. The minimum atomic E-state index is -0.0794. The maximum Gasteiger partial charge on any atom is 0.204 e. The number of thiophene rings is 1. The van der Waals surface area contributed by atoms with E-state index in [0.717, 1.165) is 14.9 Å². The fourth-order valence-corrected chi connectivity index (χ4v) is 3.44. The van der Waals surface area contributed by atoms with Gasteiger partial charge in [-0.05, 0) is 39.7 Å². The second-order valence-electron chi connectivity index (χ2n) is 3.52. The summed E-state index contributed by atoms with van der Waals surface area (Å²) in [4.78, 5) is 24.2. The van der Waals surface area contributed by atoms with Crippen LogP contribution in [-0.4, -0.2) is 5.78 Å². The van der Waals surface area contributed by atoms with E-state index < -0.39 is 0 Å². The molecule has 16 heavy (non-hydrogen) atoms. The molecule has 2 nitrogen and oxygen atoms in total. The number of rotatable bonds is 0. The molecule has 0 N–H and O–H groups in total. The Morgan fingerprint density at radius 1 is 1.00 bits per heavy atom. The van der Waals surface area contributed by atoms with E-state index in [0.29, 0.717) is 10.4 Å². The minimum absolute atomic E-state index is 0.0105. The first-order valence-corrected chi connectivity index (χ1v) is 6.26. The summed E-state index contributed by atoms with van der Waals surface area (Å²) in [5, 5.41) is 0. The zero-order chi connectivity index (χ0) is 11.3. The van der Waals surface area contributed by atoms with Crippen LogP contribution in [0.1, 0.15) is 15.2 Å². The summed E-state index contributed by atoms with van der Waals surface area (Å²) in [6.07, 6.45) is 0. The Morgan fingerprint density at radius 2 is 1.81 bits per heavy atom. The Morgan fingerprint density at radius 3 is 2.62 bits per heavy atom. The quantitative estimate of drug-likeness (QED) is 0.638. The standard InChI is InChI=1S/C12H5BrO2S/c13-10-5-9-8-4-6(14)2-1-3-7(8)11(15)12(9)16-10/h1-5H. The molecule has 1 aromatic heterocycles. The fourth-order valence-electron chi connectivity index (χ4n) is 1.87. The van der Waals surface area contributed by atoms with Crippen molar-refractivity contribution in [3.8, 4) is 11.1 Å². The predicted molar refractivity (Wildman–Crippen MR) is 67.2 cm³/mol. The van der Waals surface area contributed by atoms with Gasteiger partial charge in [-0.15, -0.1) is 11.3 Å². The van der Waals surface area contributed by atoms with Crippen molar-refractivity contribution in [3.05, 3.63) is 54.8 Å². The van der Waals surface area contributed by atoms with E-state index in [-0.39, 0.29) is 11.2 Å². The van der Waals surface area contributed by atoms with Crippen molar-refractivity contribution in [2.75, 3.05) is 0 Å². The van der Waals surface area contributed by atoms with Crippen molar-refractivity contribution in [2.45, 2.75) is 0 Å². The number of carbonyl (C=O) groups is 1. The first kappa shape index (κ1) is 9.93. The number of halogens is 1. The highest BCUT2D eigenvalue weighted by Gasteiger charge is 2.28. The summed E-state index contributed by atoms with van der Waals surface area (Å²) < 4.78 is 0.912. The Hall–Kier alpha value is -1.26. The van der Waals surface area contributed by atoms with Gasteiger partial charge in [-0.1, -0.05) is 12.1 Å². The van der Waals surface area contributed by atoms with Crippen LogP contribution in [0.3, 0.4) is 0 Å². The summed E-state index contributed by atoms with van der Waals surface area (Å²) in [7, 11) is 0. The molecule has 3 rings (SSSR count). The van der Waals surface area contributed by atoms with Crippen LogP contribution in [0.5, 0.6) is 0 Å². The van der Waals surface area contributed by atoms with E-state index in [1.165, 1.54) is 23.5 Å². The smallest absolute Gasteiger partial charge is 0.204 e. The summed E-state index contributed by atoms with van der Waals surface area (Å²) >= 11 is 4.76. The third kappa shape index (κ3) is 1.30. The first-order chi connectivity index (χ1) is 7.66. The Bertz CT molecular complexity index is 673. The number of carbonyl (C=O) groups excluding carboxylic acids is 1. The van der Waals surface area contributed by atoms with Crippen LogP contribution >= 0.6 is 27.3 Å². The molecule has 78 valence electrons. The molecule has 0 amide bonds. The summed E-state index contributed by atoms with van der Waals surface area (Å²) in [5.74, 6) is 0.0105. The number of fused-ring (bicyclic) bond motifs is 3. The van der Waals surface area contributed by atoms with Gasteiger partial charge in [-0.2, -0.15) is 0 Å². The fraction of sp³-hybridized carbons (Fsp3) is 0. The molecule has 1 aromatic carbocycles. The highest BCUT2D eigenvalue weighted by atomic mass is 79.9. The topological polar surface area (TPSA) is 34.1 Å². The maximum absolute atomic E-state index is 12.0. The lowest BCUT2D eigenvalue weighted by Gasteiger charge is -1.90.